The van der Waals surface area contributed by atoms with Gasteiger partial charge in [-0.1, -0.05) is 30.3 Å². The fourth-order valence-corrected chi connectivity index (χ4v) is 4.80. The quantitative estimate of drug-likeness (QED) is 0.896. The number of hydrogen-bond acceptors (Lipinski definition) is 3. The molecule has 2 aromatic rings. The molecule has 136 valence electrons. The molecule has 0 spiro atoms. The number of fused-ring (bicyclic) bond motifs is 2. The predicted molar refractivity (Wildman–Crippen MR) is 99.2 cm³/mol. The minimum atomic E-state index is -3.67. The lowest BCUT2D eigenvalue weighted by Crippen LogP contribution is -2.42. The standard InChI is InChI=1S/C20H22N2O3S/c23-20(22-11-10-16-4-1-2-5-18(16)14-22)13-21-26(24,25)19-9-8-15-6-3-7-17(15)12-19/h1-2,4-5,8-9,12,21H,3,6-7,10-11,13-14H2. The molecule has 1 heterocycles. The van der Waals surface area contributed by atoms with Gasteiger partial charge in [-0.3, -0.25) is 4.79 Å². The highest BCUT2D eigenvalue weighted by Crippen LogP contribution is 2.24. The maximum Gasteiger partial charge on any atom is 0.241 e. The maximum absolute atomic E-state index is 12.5. The third-order valence-electron chi connectivity index (χ3n) is 5.28. The molecular weight excluding hydrogens is 348 g/mol. The zero-order chi connectivity index (χ0) is 18.1. The fraction of sp³-hybridized carbons (Fsp3) is 0.350. The second-order valence-corrected chi connectivity index (χ2v) is 8.71. The van der Waals surface area contributed by atoms with Gasteiger partial charge in [-0.05, 0) is 60.1 Å². The van der Waals surface area contributed by atoms with Gasteiger partial charge in [-0.25, -0.2) is 13.1 Å². The van der Waals surface area contributed by atoms with Gasteiger partial charge in [0.1, 0.15) is 0 Å². The van der Waals surface area contributed by atoms with Gasteiger partial charge in [0.25, 0.3) is 0 Å². The minimum absolute atomic E-state index is 0.191. The number of sulfonamides is 1. The van der Waals surface area contributed by atoms with E-state index in [-0.39, 0.29) is 17.3 Å². The van der Waals surface area contributed by atoms with Crippen LogP contribution in [-0.2, 0) is 40.6 Å². The summed E-state index contributed by atoms with van der Waals surface area (Å²) in [5, 5.41) is 0. The Labute approximate surface area is 154 Å². The van der Waals surface area contributed by atoms with Gasteiger partial charge in [0.2, 0.25) is 15.9 Å². The molecular formula is C20H22N2O3S. The zero-order valence-corrected chi connectivity index (χ0v) is 15.4. The number of rotatable bonds is 4. The van der Waals surface area contributed by atoms with E-state index in [1.54, 1.807) is 17.0 Å². The van der Waals surface area contributed by atoms with E-state index >= 15 is 0 Å². The molecule has 5 nitrogen and oxygen atoms in total. The predicted octanol–water partition coefficient (Wildman–Crippen LogP) is 2.04. The molecule has 0 saturated heterocycles. The molecule has 0 fully saturated rings. The average molecular weight is 370 g/mol. The van der Waals surface area contributed by atoms with E-state index in [1.165, 1.54) is 11.1 Å². The molecule has 2 aliphatic rings. The van der Waals surface area contributed by atoms with Crippen molar-refractivity contribution < 1.29 is 13.2 Å². The second-order valence-electron chi connectivity index (χ2n) is 6.94. The molecule has 2 aromatic carbocycles. The Morgan fingerprint density at radius 2 is 1.69 bits per heavy atom. The van der Waals surface area contributed by atoms with Crippen LogP contribution in [0.25, 0.3) is 0 Å². The summed E-state index contributed by atoms with van der Waals surface area (Å²) in [6.07, 6.45) is 3.81. The first-order valence-electron chi connectivity index (χ1n) is 8.99. The Morgan fingerprint density at radius 3 is 2.54 bits per heavy atom. The van der Waals surface area contributed by atoms with Crippen LogP contribution < -0.4 is 4.72 Å². The van der Waals surface area contributed by atoms with Gasteiger partial charge in [-0.15, -0.1) is 0 Å². The molecule has 26 heavy (non-hydrogen) atoms. The lowest BCUT2D eigenvalue weighted by molar-refractivity contribution is -0.130. The number of carbonyl (C=O) groups excluding carboxylic acids is 1. The van der Waals surface area contributed by atoms with Gasteiger partial charge in [0, 0.05) is 13.1 Å². The molecule has 1 amide bonds. The van der Waals surface area contributed by atoms with Crippen molar-refractivity contribution >= 4 is 15.9 Å². The first-order chi connectivity index (χ1) is 12.5. The van der Waals surface area contributed by atoms with Crippen molar-refractivity contribution in [1.29, 1.82) is 0 Å². The molecule has 4 rings (SSSR count). The van der Waals surface area contributed by atoms with Gasteiger partial charge < -0.3 is 4.90 Å². The molecule has 1 aliphatic carbocycles. The smallest absolute Gasteiger partial charge is 0.241 e. The van der Waals surface area contributed by atoms with E-state index in [9.17, 15) is 13.2 Å². The number of nitrogens with one attached hydrogen (secondary N) is 1. The second kappa shape index (κ2) is 6.85. The van der Waals surface area contributed by atoms with E-state index in [0.29, 0.717) is 13.1 Å². The van der Waals surface area contributed by atoms with Crippen LogP contribution in [-0.4, -0.2) is 32.3 Å². The molecule has 0 unspecified atom stereocenters. The minimum Gasteiger partial charge on any atom is -0.337 e. The summed E-state index contributed by atoms with van der Waals surface area (Å²) < 4.78 is 27.5. The van der Waals surface area contributed by atoms with E-state index in [4.69, 9.17) is 0 Å². The van der Waals surface area contributed by atoms with Crippen molar-refractivity contribution in [2.75, 3.05) is 13.1 Å². The summed E-state index contributed by atoms with van der Waals surface area (Å²) in [5.41, 5.74) is 4.72. The number of carbonyl (C=O) groups is 1. The van der Waals surface area contributed by atoms with Gasteiger partial charge in [0.05, 0.1) is 11.4 Å². The number of aryl methyl sites for hydroxylation is 2. The summed E-state index contributed by atoms with van der Waals surface area (Å²) in [4.78, 5) is 14.4. The van der Waals surface area contributed by atoms with Gasteiger partial charge in [0.15, 0.2) is 0 Å². The molecule has 1 aliphatic heterocycles. The number of benzene rings is 2. The van der Waals surface area contributed by atoms with Crippen LogP contribution >= 0.6 is 0 Å². The van der Waals surface area contributed by atoms with Gasteiger partial charge in [-0.2, -0.15) is 0 Å². The van der Waals surface area contributed by atoms with Crippen LogP contribution in [0.4, 0.5) is 0 Å². The van der Waals surface area contributed by atoms with Crippen molar-refractivity contribution in [1.82, 2.24) is 9.62 Å². The molecule has 0 atom stereocenters. The van der Waals surface area contributed by atoms with Crippen molar-refractivity contribution in [2.24, 2.45) is 0 Å². The molecule has 0 aromatic heterocycles. The van der Waals surface area contributed by atoms with Crippen LogP contribution in [0, 0.1) is 0 Å². The summed E-state index contributed by atoms with van der Waals surface area (Å²) in [6.45, 7) is 0.952. The lowest BCUT2D eigenvalue weighted by Gasteiger charge is -2.29. The zero-order valence-electron chi connectivity index (χ0n) is 14.6. The number of hydrogen-bond donors (Lipinski definition) is 1. The lowest BCUT2D eigenvalue weighted by atomic mass is 10.00. The third-order valence-corrected chi connectivity index (χ3v) is 6.68. The summed E-state index contributed by atoms with van der Waals surface area (Å²) in [6, 6.07) is 13.3. The normalized spacial score (nSPS) is 16.2. The van der Waals surface area contributed by atoms with Crippen LogP contribution in [0.1, 0.15) is 28.7 Å². The van der Waals surface area contributed by atoms with E-state index in [0.717, 1.165) is 36.8 Å². The van der Waals surface area contributed by atoms with Crippen molar-refractivity contribution in [3.8, 4) is 0 Å². The van der Waals surface area contributed by atoms with Crippen LogP contribution in [0.5, 0.6) is 0 Å². The van der Waals surface area contributed by atoms with E-state index in [1.807, 2.05) is 24.3 Å². The van der Waals surface area contributed by atoms with Crippen LogP contribution in [0.3, 0.4) is 0 Å². The Kier molecular flexibility index (Phi) is 4.54. The molecule has 0 bridgehead atoms. The van der Waals surface area contributed by atoms with Crippen molar-refractivity contribution in [2.45, 2.75) is 37.1 Å². The SMILES string of the molecule is O=C(CNS(=O)(=O)c1ccc2c(c1)CCC2)N1CCc2ccccc2C1. The summed E-state index contributed by atoms with van der Waals surface area (Å²) in [7, 11) is -3.67. The summed E-state index contributed by atoms with van der Waals surface area (Å²) >= 11 is 0. The van der Waals surface area contributed by atoms with Crippen molar-refractivity contribution in [3.63, 3.8) is 0 Å². The fourth-order valence-electron chi connectivity index (χ4n) is 3.78. The highest BCUT2D eigenvalue weighted by molar-refractivity contribution is 7.89. The van der Waals surface area contributed by atoms with Crippen LogP contribution in [0.15, 0.2) is 47.4 Å². The maximum atomic E-state index is 12.5. The van der Waals surface area contributed by atoms with Crippen LogP contribution in [0.2, 0.25) is 0 Å². The van der Waals surface area contributed by atoms with E-state index in [2.05, 4.69) is 10.8 Å². The first-order valence-corrected chi connectivity index (χ1v) is 10.5. The largest absolute Gasteiger partial charge is 0.337 e. The number of amides is 1. The van der Waals surface area contributed by atoms with E-state index < -0.39 is 10.0 Å². The molecule has 0 radical (unpaired) electrons. The number of nitrogens with zero attached hydrogens (tertiary/aromatic N) is 1. The Balaban J connectivity index is 1.41. The van der Waals surface area contributed by atoms with Gasteiger partial charge >= 0.3 is 0 Å². The highest BCUT2D eigenvalue weighted by Gasteiger charge is 2.23. The third kappa shape index (κ3) is 3.39. The Bertz CT molecular complexity index is 953. The molecule has 1 N–H and O–H groups in total. The molecule has 0 saturated carbocycles. The monoisotopic (exact) mass is 370 g/mol. The highest BCUT2D eigenvalue weighted by atomic mass is 32.2. The summed E-state index contributed by atoms with van der Waals surface area (Å²) in [5.74, 6) is -0.191. The first kappa shape index (κ1) is 17.2. The molecule has 6 heteroatoms. The topological polar surface area (TPSA) is 66.5 Å². The van der Waals surface area contributed by atoms with Crippen molar-refractivity contribution in [3.05, 3.63) is 64.7 Å². The average Bonchev–Trinajstić information content (AvgIpc) is 3.13. The Hall–Kier alpha value is -2.18. The Morgan fingerprint density at radius 1 is 0.962 bits per heavy atom.